The Balaban J connectivity index is 1.81. The molecule has 2 saturated heterocycles. The van der Waals surface area contributed by atoms with Gasteiger partial charge in [-0.25, -0.2) is 0 Å². The van der Waals surface area contributed by atoms with Gasteiger partial charge in [0.05, 0.1) is 0 Å². The van der Waals surface area contributed by atoms with Gasteiger partial charge in [-0.2, -0.15) is 13.2 Å². The number of nitrogens with one attached hydrogen (secondary N) is 1. The fourth-order valence-electron chi connectivity index (χ4n) is 3.51. The van der Waals surface area contributed by atoms with Crippen LogP contribution in [0.1, 0.15) is 20.8 Å². The molecule has 3 heterocycles. The van der Waals surface area contributed by atoms with Crippen molar-refractivity contribution in [3.8, 4) is 0 Å². The van der Waals surface area contributed by atoms with Crippen molar-refractivity contribution in [2.75, 3.05) is 13.1 Å². The van der Waals surface area contributed by atoms with Gasteiger partial charge in [0.1, 0.15) is 24.0 Å². The minimum atomic E-state index is -4.53. The second kappa shape index (κ2) is 6.57. The maximum Gasteiger partial charge on any atom is 0.431 e. The van der Waals surface area contributed by atoms with Crippen LogP contribution in [0.4, 0.5) is 13.2 Å². The van der Waals surface area contributed by atoms with E-state index in [4.69, 9.17) is 25.2 Å². The van der Waals surface area contributed by atoms with Crippen LogP contribution in [-0.2, 0) is 14.2 Å². The molecule has 0 radical (unpaired) electrons. The predicted molar refractivity (Wildman–Crippen MR) is 88.5 cm³/mol. The molecular formula is C16H23F3N4O4. The lowest BCUT2D eigenvalue weighted by atomic mass is 10.0. The summed E-state index contributed by atoms with van der Waals surface area (Å²) in [6, 6.07) is 0. The zero-order valence-electron chi connectivity index (χ0n) is 15.2. The highest BCUT2D eigenvalue weighted by Crippen LogP contribution is 2.36. The van der Waals surface area contributed by atoms with Gasteiger partial charge in [-0.1, -0.05) is 11.2 Å². The van der Waals surface area contributed by atoms with Gasteiger partial charge < -0.3 is 35.4 Å². The number of ether oxygens (including phenoxy) is 3. The number of likely N-dealkylation sites (tertiary alicyclic amines) is 1. The summed E-state index contributed by atoms with van der Waals surface area (Å²) in [6.45, 7) is 5.42. The number of dihydropyridines is 1. The van der Waals surface area contributed by atoms with Gasteiger partial charge in [0.25, 0.3) is 0 Å². The van der Waals surface area contributed by atoms with Crippen molar-refractivity contribution in [2.24, 2.45) is 10.9 Å². The van der Waals surface area contributed by atoms with E-state index in [9.17, 15) is 13.2 Å². The molecule has 3 aliphatic rings. The molecule has 0 bridgehead atoms. The molecule has 4 atom stereocenters. The molecule has 3 aliphatic heterocycles. The Morgan fingerprint density at radius 3 is 2.70 bits per heavy atom. The molecule has 3 rings (SSSR count). The first-order valence-electron chi connectivity index (χ1n) is 8.43. The third-order valence-electron chi connectivity index (χ3n) is 4.58. The largest absolute Gasteiger partial charge is 0.431 e. The van der Waals surface area contributed by atoms with E-state index in [-0.39, 0.29) is 12.5 Å². The number of fused-ring (bicyclic) bond motifs is 1. The van der Waals surface area contributed by atoms with E-state index >= 15 is 0 Å². The minimum absolute atomic E-state index is 0.136. The summed E-state index contributed by atoms with van der Waals surface area (Å²) in [5.74, 6) is -1.02. The van der Waals surface area contributed by atoms with Crippen molar-refractivity contribution in [2.45, 2.75) is 56.8 Å². The van der Waals surface area contributed by atoms with Crippen LogP contribution in [0.25, 0.3) is 0 Å². The monoisotopic (exact) mass is 392 g/mol. The summed E-state index contributed by atoms with van der Waals surface area (Å²) in [5, 5.41) is 14.3. The third-order valence-corrected chi connectivity index (χ3v) is 4.58. The second-order valence-corrected chi connectivity index (χ2v) is 7.33. The van der Waals surface area contributed by atoms with Crippen LogP contribution in [0, 0.1) is 0 Å². The number of hydrogen-bond donors (Lipinski definition) is 3. The van der Waals surface area contributed by atoms with Crippen molar-refractivity contribution in [3.05, 3.63) is 23.9 Å². The predicted octanol–water partition coefficient (Wildman–Crippen LogP) is 1.23. The number of allylic oxidation sites excluding steroid dienone is 3. The summed E-state index contributed by atoms with van der Waals surface area (Å²) in [4.78, 5) is 1.53. The van der Waals surface area contributed by atoms with Gasteiger partial charge in [0.2, 0.25) is 5.96 Å². The molecule has 27 heavy (non-hydrogen) atoms. The quantitative estimate of drug-likeness (QED) is 0.281. The number of halogens is 3. The van der Waals surface area contributed by atoms with Gasteiger partial charge in [0, 0.05) is 13.1 Å². The first-order chi connectivity index (χ1) is 12.4. The van der Waals surface area contributed by atoms with E-state index in [1.54, 1.807) is 13.8 Å². The summed E-state index contributed by atoms with van der Waals surface area (Å²) < 4.78 is 56.9. The smallest absolute Gasteiger partial charge is 0.408 e. The number of nitrogens with two attached hydrogens (primary N) is 1. The molecule has 0 spiro atoms. The SMILES string of the molecule is CC1(O[C@H]2CN(/C(N)=N/O)C[C@@H]3OC(C)(C)O[C@H]23)C=CC=C(C(F)(F)F)N1. The Morgan fingerprint density at radius 1 is 1.37 bits per heavy atom. The summed E-state index contributed by atoms with van der Waals surface area (Å²) in [6.07, 6.45) is -2.48. The van der Waals surface area contributed by atoms with E-state index in [1.807, 2.05) is 0 Å². The topological polar surface area (TPSA) is 102 Å². The van der Waals surface area contributed by atoms with Gasteiger partial charge in [0.15, 0.2) is 11.5 Å². The standard InChI is InChI=1S/C16H23F3N4O4/c1-14(2)25-9-7-23(13(20)22-24)8-10(12(9)27-14)26-15(3)6-4-5-11(21-15)16(17,18)19/h4-6,9-10,12,21,24H,7-8H2,1-3H3,(H2,20,22)/t9-,10-,12-,15?/m0/s1. The van der Waals surface area contributed by atoms with Gasteiger partial charge in [-0.3, -0.25) is 0 Å². The van der Waals surface area contributed by atoms with Crippen LogP contribution >= 0.6 is 0 Å². The number of guanidine groups is 1. The summed E-state index contributed by atoms with van der Waals surface area (Å²) in [5.41, 5.74) is 3.37. The molecule has 0 aromatic heterocycles. The second-order valence-electron chi connectivity index (χ2n) is 7.33. The molecule has 1 unspecified atom stereocenters. The summed E-state index contributed by atoms with van der Waals surface area (Å²) >= 11 is 0. The van der Waals surface area contributed by atoms with E-state index in [0.29, 0.717) is 6.54 Å². The molecule has 0 amide bonds. The van der Waals surface area contributed by atoms with Crippen molar-refractivity contribution in [3.63, 3.8) is 0 Å². The number of nitrogens with zero attached hydrogens (tertiary/aromatic N) is 2. The average Bonchev–Trinajstić information content (AvgIpc) is 2.87. The highest BCUT2D eigenvalue weighted by atomic mass is 19.4. The minimum Gasteiger partial charge on any atom is -0.408 e. The molecule has 152 valence electrons. The van der Waals surface area contributed by atoms with E-state index in [1.165, 1.54) is 24.0 Å². The fraction of sp³-hybridized carbons (Fsp3) is 0.688. The van der Waals surface area contributed by atoms with E-state index in [2.05, 4.69) is 10.5 Å². The van der Waals surface area contributed by atoms with E-state index < -0.39 is 41.7 Å². The maximum absolute atomic E-state index is 13.1. The Kier molecular flexibility index (Phi) is 4.81. The third kappa shape index (κ3) is 4.14. The van der Waals surface area contributed by atoms with Crippen LogP contribution in [0.3, 0.4) is 0 Å². The van der Waals surface area contributed by atoms with Gasteiger partial charge in [-0.15, -0.1) is 0 Å². The molecular weight excluding hydrogens is 369 g/mol. The number of piperidine rings is 1. The van der Waals surface area contributed by atoms with Gasteiger partial charge in [-0.05, 0) is 32.9 Å². The Hall–Kier alpha value is -1.98. The van der Waals surface area contributed by atoms with Crippen molar-refractivity contribution in [1.82, 2.24) is 10.2 Å². The molecule has 8 nitrogen and oxygen atoms in total. The van der Waals surface area contributed by atoms with E-state index in [0.717, 1.165) is 6.08 Å². The lowest BCUT2D eigenvalue weighted by Crippen LogP contribution is -2.61. The van der Waals surface area contributed by atoms with Crippen LogP contribution in [0.15, 0.2) is 29.1 Å². The Labute approximate surface area is 154 Å². The van der Waals surface area contributed by atoms with Crippen LogP contribution in [0.5, 0.6) is 0 Å². The van der Waals surface area contributed by atoms with Crippen molar-refractivity contribution < 1.29 is 32.6 Å². The zero-order valence-corrected chi connectivity index (χ0v) is 15.2. The zero-order chi connectivity index (χ0) is 20.0. The number of rotatable bonds is 2. The molecule has 2 fully saturated rings. The number of hydrogen-bond acceptors (Lipinski definition) is 6. The lowest BCUT2D eigenvalue weighted by molar-refractivity contribution is -0.176. The van der Waals surface area contributed by atoms with Crippen molar-refractivity contribution >= 4 is 5.96 Å². The average molecular weight is 392 g/mol. The highest BCUT2D eigenvalue weighted by Gasteiger charge is 2.52. The lowest BCUT2D eigenvalue weighted by Gasteiger charge is -2.43. The molecule has 0 aromatic rings. The maximum atomic E-state index is 13.1. The number of alkyl halides is 3. The first kappa shape index (κ1) is 19.8. The molecule has 4 N–H and O–H groups in total. The molecule has 0 aromatic carbocycles. The highest BCUT2D eigenvalue weighted by molar-refractivity contribution is 5.77. The first-order valence-corrected chi connectivity index (χ1v) is 8.43. The van der Waals surface area contributed by atoms with Crippen LogP contribution in [-0.4, -0.2) is 65.2 Å². The van der Waals surface area contributed by atoms with Crippen LogP contribution < -0.4 is 11.1 Å². The molecule has 11 heteroatoms. The van der Waals surface area contributed by atoms with Gasteiger partial charge >= 0.3 is 6.18 Å². The normalized spacial score (nSPS) is 36.2. The Bertz CT molecular complexity index is 679. The Morgan fingerprint density at radius 2 is 2.07 bits per heavy atom. The fourth-order valence-corrected chi connectivity index (χ4v) is 3.51. The number of oxime groups is 1. The van der Waals surface area contributed by atoms with Crippen molar-refractivity contribution in [1.29, 1.82) is 0 Å². The molecule has 0 aliphatic carbocycles. The summed E-state index contributed by atoms with van der Waals surface area (Å²) in [7, 11) is 0. The molecule has 0 saturated carbocycles. The van der Waals surface area contributed by atoms with Crippen LogP contribution in [0.2, 0.25) is 0 Å².